The number of carbonyl (C=O) groups is 2. The minimum atomic E-state index is -0.204. The number of hydrogen-bond donors (Lipinski definition) is 2. The lowest BCUT2D eigenvalue weighted by Crippen LogP contribution is -2.28. The zero-order valence-electron chi connectivity index (χ0n) is 17.5. The molecular formula is C25H22N4O3. The number of anilines is 1. The zero-order valence-corrected chi connectivity index (χ0v) is 17.5. The van der Waals surface area contributed by atoms with Gasteiger partial charge in [-0.3, -0.25) is 14.6 Å². The Morgan fingerprint density at radius 2 is 1.88 bits per heavy atom. The van der Waals surface area contributed by atoms with Gasteiger partial charge >= 0.3 is 0 Å². The first-order chi connectivity index (χ1) is 15.6. The molecule has 2 heterocycles. The summed E-state index contributed by atoms with van der Waals surface area (Å²) in [6, 6.07) is 20.2. The summed E-state index contributed by atoms with van der Waals surface area (Å²) in [4.78, 5) is 33.0. The molecule has 0 atom stereocenters. The van der Waals surface area contributed by atoms with Crippen molar-refractivity contribution in [3.63, 3.8) is 0 Å². The van der Waals surface area contributed by atoms with Gasteiger partial charge in [-0.05, 0) is 36.4 Å². The largest absolute Gasteiger partial charge is 0.492 e. The van der Waals surface area contributed by atoms with Crippen LogP contribution in [0.4, 0.5) is 5.69 Å². The van der Waals surface area contributed by atoms with Crippen LogP contribution in [0.25, 0.3) is 22.2 Å². The molecule has 0 saturated heterocycles. The predicted molar refractivity (Wildman–Crippen MR) is 124 cm³/mol. The van der Waals surface area contributed by atoms with Crippen LogP contribution >= 0.6 is 0 Å². The molecular weight excluding hydrogens is 404 g/mol. The Morgan fingerprint density at radius 3 is 2.69 bits per heavy atom. The summed E-state index contributed by atoms with van der Waals surface area (Å²) in [5.41, 5.74) is 3.47. The fraction of sp³-hybridized carbons (Fsp3) is 0.120. The number of ether oxygens (including phenoxy) is 1. The highest BCUT2D eigenvalue weighted by molar-refractivity contribution is 6.07. The second-order valence-corrected chi connectivity index (χ2v) is 7.13. The van der Waals surface area contributed by atoms with Gasteiger partial charge in [0.15, 0.2) is 0 Å². The lowest BCUT2D eigenvalue weighted by molar-refractivity contribution is -0.114. The summed E-state index contributed by atoms with van der Waals surface area (Å²) in [6.45, 7) is 2.06. The number of rotatable bonds is 7. The molecule has 4 rings (SSSR count). The minimum Gasteiger partial charge on any atom is -0.492 e. The van der Waals surface area contributed by atoms with Crippen molar-refractivity contribution in [3.05, 3.63) is 84.7 Å². The number of amides is 2. The van der Waals surface area contributed by atoms with Crippen LogP contribution in [0.2, 0.25) is 0 Å². The first-order valence-electron chi connectivity index (χ1n) is 10.2. The van der Waals surface area contributed by atoms with Gasteiger partial charge in [-0.15, -0.1) is 0 Å². The topological polar surface area (TPSA) is 93.2 Å². The van der Waals surface area contributed by atoms with E-state index in [1.54, 1.807) is 42.7 Å². The maximum absolute atomic E-state index is 13.0. The molecule has 0 aliphatic rings. The number of benzene rings is 2. The van der Waals surface area contributed by atoms with Crippen molar-refractivity contribution >= 4 is 28.4 Å². The molecule has 2 N–H and O–H groups in total. The Morgan fingerprint density at radius 1 is 1.00 bits per heavy atom. The van der Waals surface area contributed by atoms with Gasteiger partial charge in [0.05, 0.1) is 23.3 Å². The van der Waals surface area contributed by atoms with Crippen molar-refractivity contribution in [3.8, 4) is 17.0 Å². The molecule has 160 valence electrons. The molecule has 0 aliphatic heterocycles. The van der Waals surface area contributed by atoms with E-state index < -0.39 is 0 Å². The van der Waals surface area contributed by atoms with Crippen LogP contribution in [0.5, 0.6) is 5.75 Å². The van der Waals surface area contributed by atoms with Crippen LogP contribution in [0, 0.1) is 0 Å². The average Bonchev–Trinajstić information content (AvgIpc) is 2.81. The highest BCUT2D eigenvalue weighted by Gasteiger charge is 2.14. The third-order valence-corrected chi connectivity index (χ3v) is 4.73. The van der Waals surface area contributed by atoms with Crippen molar-refractivity contribution < 1.29 is 14.3 Å². The third-order valence-electron chi connectivity index (χ3n) is 4.73. The SMILES string of the molecule is CC(=O)Nc1cccc(OCCNC(=O)c2cc(-c3cccnc3)nc3ccccc23)c1. The minimum absolute atomic E-state index is 0.148. The molecule has 2 aromatic carbocycles. The van der Waals surface area contributed by atoms with E-state index in [9.17, 15) is 9.59 Å². The van der Waals surface area contributed by atoms with E-state index in [0.717, 1.165) is 16.5 Å². The van der Waals surface area contributed by atoms with Gasteiger partial charge in [-0.2, -0.15) is 0 Å². The average molecular weight is 426 g/mol. The summed E-state index contributed by atoms with van der Waals surface area (Å²) in [7, 11) is 0. The van der Waals surface area contributed by atoms with Gasteiger partial charge in [0.2, 0.25) is 5.91 Å². The molecule has 7 heteroatoms. The van der Waals surface area contributed by atoms with Crippen molar-refractivity contribution in [2.24, 2.45) is 0 Å². The van der Waals surface area contributed by atoms with Crippen LogP contribution in [0.3, 0.4) is 0 Å². The van der Waals surface area contributed by atoms with Crippen molar-refractivity contribution in [2.75, 3.05) is 18.5 Å². The van der Waals surface area contributed by atoms with Crippen molar-refractivity contribution in [2.45, 2.75) is 6.92 Å². The number of pyridine rings is 2. The second kappa shape index (κ2) is 9.70. The van der Waals surface area contributed by atoms with Gasteiger partial charge in [0.25, 0.3) is 5.91 Å². The summed E-state index contributed by atoms with van der Waals surface area (Å²) < 4.78 is 5.71. The maximum Gasteiger partial charge on any atom is 0.252 e. The monoisotopic (exact) mass is 426 g/mol. The highest BCUT2D eigenvalue weighted by Crippen LogP contribution is 2.24. The quantitative estimate of drug-likeness (QED) is 0.435. The van der Waals surface area contributed by atoms with E-state index in [-0.39, 0.29) is 18.4 Å². The van der Waals surface area contributed by atoms with Gasteiger partial charge in [-0.1, -0.05) is 24.3 Å². The van der Waals surface area contributed by atoms with Gasteiger partial charge in [0, 0.05) is 42.0 Å². The normalized spacial score (nSPS) is 10.5. The standard InChI is InChI=1S/C25H22N4O3/c1-17(30)28-19-7-4-8-20(14-19)32-13-12-27-25(31)22-15-24(18-6-5-11-26-16-18)29-23-10-3-2-9-21(22)23/h2-11,14-16H,12-13H2,1H3,(H,27,31)(H,28,30). The van der Waals surface area contributed by atoms with E-state index in [4.69, 9.17) is 4.74 Å². The first kappa shape index (κ1) is 21.0. The molecule has 7 nitrogen and oxygen atoms in total. The van der Waals surface area contributed by atoms with Crippen LogP contribution in [0.15, 0.2) is 79.1 Å². The molecule has 0 saturated carbocycles. The predicted octanol–water partition coefficient (Wildman–Crippen LogP) is 4.06. The number of para-hydroxylation sites is 1. The maximum atomic E-state index is 13.0. The van der Waals surface area contributed by atoms with Crippen molar-refractivity contribution in [1.29, 1.82) is 0 Å². The Bertz CT molecular complexity index is 1260. The van der Waals surface area contributed by atoms with Crippen LogP contribution in [-0.4, -0.2) is 34.9 Å². The van der Waals surface area contributed by atoms with E-state index in [0.29, 0.717) is 29.2 Å². The lowest BCUT2D eigenvalue weighted by Gasteiger charge is -2.12. The summed E-state index contributed by atoms with van der Waals surface area (Å²) >= 11 is 0. The van der Waals surface area contributed by atoms with Gasteiger partial charge in [0.1, 0.15) is 12.4 Å². The number of aromatic nitrogens is 2. The molecule has 4 aromatic rings. The number of fused-ring (bicyclic) bond motifs is 1. The Labute approximate surface area is 185 Å². The van der Waals surface area contributed by atoms with E-state index >= 15 is 0 Å². The summed E-state index contributed by atoms with van der Waals surface area (Å²) in [5, 5.41) is 6.40. The van der Waals surface area contributed by atoms with E-state index in [2.05, 4.69) is 20.6 Å². The molecule has 0 fully saturated rings. The molecule has 0 unspecified atom stereocenters. The fourth-order valence-electron chi connectivity index (χ4n) is 3.32. The molecule has 2 aromatic heterocycles. The molecule has 0 bridgehead atoms. The Balaban J connectivity index is 1.45. The highest BCUT2D eigenvalue weighted by atomic mass is 16.5. The van der Waals surface area contributed by atoms with Gasteiger partial charge in [-0.25, -0.2) is 4.98 Å². The lowest BCUT2D eigenvalue weighted by atomic mass is 10.0. The fourth-order valence-corrected chi connectivity index (χ4v) is 3.32. The molecule has 0 aliphatic carbocycles. The number of carbonyl (C=O) groups excluding carboxylic acids is 2. The van der Waals surface area contributed by atoms with Gasteiger partial charge < -0.3 is 15.4 Å². The first-order valence-corrected chi connectivity index (χ1v) is 10.2. The molecule has 0 radical (unpaired) electrons. The second-order valence-electron chi connectivity index (χ2n) is 7.13. The van der Waals surface area contributed by atoms with Crippen molar-refractivity contribution in [1.82, 2.24) is 15.3 Å². The number of nitrogens with one attached hydrogen (secondary N) is 2. The van der Waals surface area contributed by atoms with Crippen LogP contribution in [0.1, 0.15) is 17.3 Å². The van der Waals surface area contributed by atoms with Crippen LogP contribution in [-0.2, 0) is 4.79 Å². The number of hydrogen-bond acceptors (Lipinski definition) is 5. The molecule has 2 amide bonds. The van der Waals surface area contributed by atoms with E-state index in [1.165, 1.54) is 6.92 Å². The Kier molecular flexibility index (Phi) is 6.36. The van der Waals surface area contributed by atoms with E-state index in [1.807, 2.05) is 36.4 Å². The summed E-state index contributed by atoms with van der Waals surface area (Å²) in [6.07, 6.45) is 3.42. The smallest absolute Gasteiger partial charge is 0.252 e. The zero-order chi connectivity index (χ0) is 22.3. The number of nitrogens with zero attached hydrogens (tertiary/aromatic N) is 2. The Hall–Kier alpha value is -4.26. The third kappa shape index (κ3) is 5.07. The summed E-state index contributed by atoms with van der Waals surface area (Å²) in [5.74, 6) is 0.257. The molecule has 32 heavy (non-hydrogen) atoms. The molecule has 0 spiro atoms. The van der Waals surface area contributed by atoms with Crippen LogP contribution < -0.4 is 15.4 Å².